The Balaban J connectivity index is 1.92. The molecule has 1 fully saturated rings. The summed E-state index contributed by atoms with van der Waals surface area (Å²) in [7, 11) is 1.99. The smallest absolute Gasteiger partial charge is 0.0571 e. The molecule has 0 aliphatic heterocycles. The molecule has 0 amide bonds. The fraction of sp³-hybridized carbons (Fsp3) is 0.400. The van der Waals surface area contributed by atoms with Gasteiger partial charge in [-0.05, 0) is 30.9 Å². The number of nitrogens with zero attached hydrogens (tertiary/aromatic N) is 2. The van der Waals surface area contributed by atoms with Gasteiger partial charge < -0.3 is 5.32 Å². The minimum atomic E-state index is 0.744. The summed E-state index contributed by atoms with van der Waals surface area (Å²) >= 11 is 0. The van der Waals surface area contributed by atoms with Gasteiger partial charge in [-0.2, -0.15) is 5.10 Å². The average molecular weight is 241 g/mol. The normalized spacial score (nSPS) is 15.0. The van der Waals surface area contributed by atoms with E-state index in [4.69, 9.17) is 0 Å². The standard InChI is InChI=1S/C15H19N3/c1-11-15(10-17-18(11)2)14-6-4-3-5-12(14)9-16-13-7-8-13/h3-6,10,13,16H,7-9H2,1-2H3. The summed E-state index contributed by atoms with van der Waals surface area (Å²) in [5.41, 5.74) is 5.12. The Labute approximate surface area is 108 Å². The molecule has 18 heavy (non-hydrogen) atoms. The Bertz CT molecular complexity index is 553. The van der Waals surface area contributed by atoms with Crippen molar-refractivity contribution in [3.63, 3.8) is 0 Å². The summed E-state index contributed by atoms with van der Waals surface area (Å²) in [5.74, 6) is 0. The van der Waals surface area contributed by atoms with Crippen molar-refractivity contribution in [1.82, 2.24) is 15.1 Å². The maximum Gasteiger partial charge on any atom is 0.0571 e. The van der Waals surface area contributed by atoms with Crippen LogP contribution in [0, 0.1) is 6.92 Å². The highest BCUT2D eigenvalue weighted by atomic mass is 15.3. The topological polar surface area (TPSA) is 29.9 Å². The van der Waals surface area contributed by atoms with E-state index in [1.807, 2.05) is 17.9 Å². The van der Waals surface area contributed by atoms with Gasteiger partial charge in [-0.3, -0.25) is 4.68 Å². The molecule has 1 heterocycles. The summed E-state index contributed by atoms with van der Waals surface area (Å²) in [4.78, 5) is 0. The summed E-state index contributed by atoms with van der Waals surface area (Å²) in [6, 6.07) is 9.35. The molecule has 2 aromatic rings. The van der Waals surface area contributed by atoms with Gasteiger partial charge in [0, 0.05) is 30.9 Å². The first kappa shape index (κ1) is 11.5. The van der Waals surface area contributed by atoms with Crippen molar-refractivity contribution < 1.29 is 0 Å². The zero-order valence-electron chi connectivity index (χ0n) is 11.0. The van der Waals surface area contributed by atoms with E-state index in [-0.39, 0.29) is 0 Å². The highest BCUT2D eigenvalue weighted by Gasteiger charge is 2.20. The molecule has 1 saturated carbocycles. The van der Waals surface area contributed by atoms with Crippen LogP contribution in [-0.4, -0.2) is 15.8 Å². The molecular weight excluding hydrogens is 222 g/mol. The second-order valence-corrected chi connectivity index (χ2v) is 5.08. The van der Waals surface area contributed by atoms with Crippen molar-refractivity contribution in [2.24, 2.45) is 7.05 Å². The lowest BCUT2D eigenvalue weighted by Gasteiger charge is -2.10. The quantitative estimate of drug-likeness (QED) is 0.892. The van der Waals surface area contributed by atoms with Crippen LogP contribution >= 0.6 is 0 Å². The Hall–Kier alpha value is -1.61. The van der Waals surface area contributed by atoms with Crippen LogP contribution in [-0.2, 0) is 13.6 Å². The van der Waals surface area contributed by atoms with E-state index in [9.17, 15) is 0 Å². The first-order chi connectivity index (χ1) is 8.75. The second kappa shape index (κ2) is 4.58. The highest BCUT2D eigenvalue weighted by molar-refractivity contribution is 5.68. The van der Waals surface area contributed by atoms with Gasteiger partial charge in [0.2, 0.25) is 0 Å². The third kappa shape index (κ3) is 2.18. The lowest BCUT2D eigenvalue weighted by Crippen LogP contribution is -2.15. The molecule has 3 heteroatoms. The molecule has 3 rings (SSSR count). The number of aryl methyl sites for hydroxylation is 1. The van der Waals surface area contributed by atoms with E-state index in [0.717, 1.165) is 12.6 Å². The van der Waals surface area contributed by atoms with Crippen LogP contribution in [0.25, 0.3) is 11.1 Å². The molecule has 0 spiro atoms. The first-order valence-corrected chi connectivity index (χ1v) is 6.56. The van der Waals surface area contributed by atoms with Gasteiger partial charge >= 0.3 is 0 Å². The lowest BCUT2D eigenvalue weighted by molar-refractivity contribution is 0.688. The van der Waals surface area contributed by atoms with E-state index < -0.39 is 0 Å². The van der Waals surface area contributed by atoms with E-state index in [2.05, 4.69) is 41.6 Å². The molecule has 0 saturated heterocycles. The lowest BCUT2D eigenvalue weighted by atomic mass is 10.0. The fourth-order valence-electron chi connectivity index (χ4n) is 2.24. The van der Waals surface area contributed by atoms with E-state index in [1.54, 1.807) is 0 Å². The molecule has 0 atom stereocenters. The van der Waals surface area contributed by atoms with Crippen LogP contribution in [0.1, 0.15) is 24.1 Å². The first-order valence-electron chi connectivity index (χ1n) is 6.56. The Morgan fingerprint density at radius 2 is 2.06 bits per heavy atom. The predicted molar refractivity (Wildman–Crippen MR) is 73.2 cm³/mol. The molecule has 1 aromatic carbocycles. The van der Waals surface area contributed by atoms with Crippen LogP contribution < -0.4 is 5.32 Å². The molecular formula is C15H19N3. The van der Waals surface area contributed by atoms with Crippen molar-refractivity contribution in [2.45, 2.75) is 32.4 Å². The zero-order chi connectivity index (χ0) is 12.5. The van der Waals surface area contributed by atoms with Gasteiger partial charge in [-0.1, -0.05) is 24.3 Å². The third-order valence-corrected chi connectivity index (χ3v) is 3.70. The molecule has 0 unspecified atom stereocenters. The molecule has 1 N–H and O–H groups in total. The van der Waals surface area contributed by atoms with Crippen molar-refractivity contribution in [1.29, 1.82) is 0 Å². The Kier molecular flexibility index (Phi) is 2.92. The van der Waals surface area contributed by atoms with Crippen LogP contribution in [0.3, 0.4) is 0 Å². The third-order valence-electron chi connectivity index (χ3n) is 3.70. The van der Waals surface area contributed by atoms with Gasteiger partial charge in [0.05, 0.1) is 6.20 Å². The predicted octanol–water partition coefficient (Wildman–Crippen LogP) is 2.65. The molecule has 94 valence electrons. The number of hydrogen-bond donors (Lipinski definition) is 1. The van der Waals surface area contributed by atoms with E-state index in [0.29, 0.717) is 0 Å². The maximum absolute atomic E-state index is 4.34. The highest BCUT2D eigenvalue weighted by Crippen LogP contribution is 2.27. The van der Waals surface area contributed by atoms with Gasteiger partial charge in [-0.15, -0.1) is 0 Å². The number of rotatable bonds is 4. The molecule has 0 bridgehead atoms. The van der Waals surface area contributed by atoms with Crippen LogP contribution in [0.2, 0.25) is 0 Å². The summed E-state index contributed by atoms with van der Waals surface area (Å²) < 4.78 is 1.93. The molecule has 1 aliphatic rings. The van der Waals surface area contributed by atoms with Crippen molar-refractivity contribution in [3.8, 4) is 11.1 Å². The molecule has 0 radical (unpaired) electrons. The van der Waals surface area contributed by atoms with Gasteiger partial charge in [0.1, 0.15) is 0 Å². The number of hydrogen-bond acceptors (Lipinski definition) is 2. The van der Waals surface area contributed by atoms with Gasteiger partial charge in [0.15, 0.2) is 0 Å². The summed E-state index contributed by atoms with van der Waals surface area (Å²) in [6.07, 6.45) is 4.62. The van der Waals surface area contributed by atoms with Crippen LogP contribution in [0.4, 0.5) is 0 Å². The molecule has 1 aliphatic carbocycles. The monoisotopic (exact) mass is 241 g/mol. The van der Waals surface area contributed by atoms with Gasteiger partial charge in [0.25, 0.3) is 0 Å². The second-order valence-electron chi connectivity index (χ2n) is 5.08. The van der Waals surface area contributed by atoms with Crippen LogP contribution in [0.5, 0.6) is 0 Å². The van der Waals surface area contributed by atoms with E-state index in [1.165, 1.54) is 35.2 Å². The summed E-state index contributed by atoms with van der Waals surface area (Å²) in [5, 5.41) is 7.92. The minimum absolute atomic E-state index is 0.744. The largest absolute Gasteiger partial charge is 0.310 e. The molecule has 3 nitrogen and oxygen atoms in total. The number of benzene rings is 1. The van der Waals surface area contributed by atoms with Crippen LogP contribution in [0.15, 0.2) is 30.5 Å². The zero-order valence-corrected chi connectivity index (χ0v) is 11.0. The van der Waals surface area contributed by atoms with Crippen molar-refractivity contribution >= 4 is 0 Å². The minimum Gasteiger partial charge on any atom is -0.310 e. The number of aromatic nitrogens is 2. The maximum atomic E-state index is 4.34. The SMILES string of the molecule is Cc1c(-c2ccccc2CNC2CC2)cnn1C. The Morgan fingerprint density at radius 1 is 1.28 bits per heavy atom. The van der Waals surface area contributed by atoms with Crippen molar-refractivity contribution in [2.75, 3.05) is 0 Å². The average Bonchev–Trinajstić information content (AvgIpc) is 3.16. The van der Waals surface area contributed by atoms with Crippen molar-refractivity contribution in [3.05, 3.63) is 41.7 Å². The molecule has 1 aromatic heterocycles. The summed E-state index contributed by atoms with van der Waals surface area (Å²) in [6.45, 7) is 3.07. The fourth-order valence-corrected chi connectivity index (χ4v) is 2.24. The van der Waals surface area contributed by atoms with Gasteiger partial charge in [-0.25, -0.2) is 0 Å². The van der Waals surface area contributed by atoms with E-state index >= 15 is 0 Å². The Morgan fingerprint density at radius 3 is 2.72 bits per heavy atom. The number of nitrogens with one attached hydrogen (secondary N) is 1.